The number of aromatic nitrogens is 2. The minimum atomic E-state index is -2.83. The third kappa shape index (κ3) is 2.78. The summed E-state index contributed by atoms with van der Waals surface area (Å²) >= 11 is 1.52. The predicted molar refractivity (Wildman–Crippen MR) is 63.3 cm³/mol. The Labute approximate surface area is 99.2 Å². The molecule has 1 atom stereocenters. The molecule has 1 unspecified atom stereocenters. The van der Waals surface area contributed by atoms with Crippen LogP contribution in [0.3, 0.4) is 0 Å². The lowest BCUT2D eigenvalue weighted by molar-refractivity contribution is 0.601. The molecule has 0 aliphatic carbocycles. The lowest BCUT2D eigenvalue weighted by atomic mass is 10.1. The maximum atomic E-state index is 11.3. The molecule has 0 radical (unpaired) electrons. The molecule has 1 saturated heterocycles. The largest absolute Gasteiger partial charge is 0.311 e. The molecule has 0 spiro atoms. The summed E-state index contributed by atoms with van der Waals surface area (Å²) in [4.78, 5) is 0. The smallest absolute Gasteiger partial charge is 0.151 e. The summed E-state index contributed by atoms with van der Waals surface area (Å²) < 4.78 is 22.7. The summed E-state index contributed by atoms with van der Waals surface area (Å²) in [5.74, 6) is 0.598. The zero-order chi connectivity index (χ0) is 11.6. The van der Waals surface area contributed by atoms with Crippen molar-refractivity contribution in [2.24, 2.45) is 0 Å². The summed E-state index contributed by atoms with van der Waals surface area (Å²) in [5.41, 5.74) is 0. The summed E-state index contributed by atoms with van der Waals surface area (Å²) in [6, 6.07) is 0. The monoisotopic (exact) mass is 261 g/mol. The van der Waals surface area contributed by atoms with Gasteiger partial charge >= 0.3 is 0 Å². The van der Waals surface area contributed by atoms with Crippen molar-refractivity contribution in [3.05, 3.63) is 10.0 Å². The van der Waals surface area contributed by atoms with Gasteiger partial charge in [-0.2, -0.15) is 0 Å². The van der Waals surface area contributed by atoms with Gasteiger partial charge in [0, 0.05) is 12.5 Å². The second-order valence-corrected chi connectivity index (χ2v) is 7.24. The van der Waals surface area contributed by atoms with Crippen molar-refractivity contribution >= 4 is 21.2 Å². The number of hydrogen-bond donors (Lipinski definition) is 1. The van der Waals surface area contributed by atoms with Crippen LogP contribution < -0.4 is 5.32 Å². The highest BCUT2D eigenvalue weighted by molar-refractivity contribution is 7.91. The van der Waals surface area contributed by atoms with Gasteiger partial charge in [0.2, 0.25) is 0 Å². The zero-order valence-electron chi connectivity index (χ0n) is 9.14. The molecule has 2 rings (SSSR count). The van der Waals surface area contributed by atoms with Gasteiger partial charge in [-0.15, -0.1) is 10.2 Å². The molecule has 0 aromatic carbocycles. The number of nitrogens with one attached hydrogen (secondary N) is 1. The van der Waals surface area contributed by atoms with Crippen LogP contribution in [0, 0.1) is 0 Å². The van der Waals surface area contributed by atoms with Gasteiger partial charge in [0.1, 0.15) is 10.0 Å². The number of nitrogens with zero attached hydrogens (tertiary/aromatic N) is 2. The Morgan fingerprint density at radius 3 is 2.94 bits per heavy atom. The van der Waals surface area contributed by atoms with E-state index in [9.17, 15) is 8.42 Å². The van der Waals surface area contributed by atoms with Crippen molar-refractivity contribution < 1.29 is 8.42 Å². The van der Waals surface area contributed by atoms with Gasteiger partial charge in [0.25, 0.3) is 0 Å². The average molecular weight is 261 g/mol. The topological polar surface area (TPSA) is 72.0 Å². The van der Waals surface area contributed by atoms with Crippen LogP contribution in [0.5, 0.6) is 0 Å². The van der Waals surface area contributed by atoms with Crippen LogP contribution in [-0.4, -0.2) is 36.7 Å². The molecule has 0 saturated carbocycles. The van der Waals surface area contributed by atoms with Crippen LogP contribution in [0.25, 0.3) is 0 Å². The van der Waals surface area contributed by atoms with Gasteiger partial charge in [-0.1, -0.05) is 18.3 Å². The Kier molecular flexibility index (Phi) is 3.56. The summed E-state index contributed by atoms with van der Waals surface area (Å²) in [7, 11) is -2.83. The van der Waals surface area contributed by atoms with Crippen molar-refractivity contribution in [1.29, 1.82) is 0 Å². The van der Waals surface area contributed by atoms with Gasteiger partial charge < -0.3 is 5.32 Å². The fourth-order valence-electron chi connectivity index (χ4n) is 1.72. The van der Waals surface area contributed by atoms with Crippen LogP contribution in [0.4, 0.5) is 0 Å². The Bertz CT molecular complexity index is 455. The molecule has 1 N–H and O–H groups in total. The first-order chi connectivity index (χ1) is 7.61. The fourth-order valence-corrected chi connectivity index (χ4v) is 4.52. The summed E-state index contributed by atoms with van der Waals surface area (Å²) in [5, 5.41) is 13.1. The standard InChI is InChI=1S/C9H15N3O2S2/c1-2-10-5-8-11-12-9(15-8)7-3-4-16(13,14)6-7/h7,10H,2-6H2,1H3. The van der Waals surface area contributed by atoms with Crippen LogP contribution in [0.15, 0.2) is 0 Å². The van der Waals surface area contributed by atoms with Crippen molar-refractivity contribution in [2.75, 3.05) is 18.1 Å². The Hall–Kier alpha value is -0.530. The molecule has 16 heavy (non-hydrogen) atoms. The molecule has 2 heterocycles. The van der Waals surface area contributed by atoms with Gasteiger partial charge in [0.05, 0.1) is 11.5 Å². The number of sulfone groups is 1. The predicted octanol–water partition coefficient (Wildman–Crippen LogP) is 0.550. The highest BCUT2D eigenvalue weighted by Gasteiger charge is 2.31. The molecular formula is C9H15N3O2S2. The van der Waals surface area contributed by atoms with E-state index in [1.54, 1.807) is 0 Å². The van der Waals surface area contributed by atoms with Gasteiger partial charge in [-0.25, -0.2) is 8.42 Å². The second kappa shape index (κ2) is 4.77. The van der Waals surface area contributed by atoms with E-state index in [0.717, 1.165) is 16.6 Å². The summed E-state index contributed by atoms with van der Waals surface area (Å²) in [6.07, 6.45) is 0.693. The van der Waals surface area contributed by atoms with E-state index in [2.05, 4.69) is 15.5 Å². The van der Waals surface area contributed by atoms with Crippen molar-refractivity contribution in [3.63, 3.8) is 0 Å². The molecular weight excluding hydrogens is 246 g/mol. The van der Waals surface area contributed by atoms with E-state index >= 15 is 0 Å². The van der Waals surface area contributed by atoms with E-state index in [4.69, 9.17) is 0 Å². The first kappa shape index (κ1) is 11.9. The van der Waals surface area contributed by atoms with Crippen LogP contribution in [0.1, 0.15) is 29.3 Å². The molecule has 1 aliphatic rings. The number of hydrogen-bond acceptors (Lipinski definition) is 6. The second-order valence-electron chi connectivity index (χ2n) is 3.91. The lowest BCUT2D eigenvalue weighted by Gasteiger charge is -1.99. The average Bonchev–Trinajstić information content (AvgIpc) is 2.81. The van der Waals surface area contributed by atoms with E-state index in [-0.39, 0.29) is 11.7 Å². The Morgan fingerprint density at radius 2 is 2.31 bits per heavy atom. The van der Waals surface area contributed by atoms with Crippen LogP contribution in [0.2, 0.25) is 0 Å². The summed E-state index contributed by atoms with van der Waals surface area (Å²) in [6.45, 7) is 3.64. The van der Waals surface area contributed by atoms with E-state index < -0.39 is 9.84 Å². The molecule has 1 aromatic rings. The number of rotatable bonds is 4. The molecule has 1 aromatic heterocycles. The SMILES string of the molecule is CCNCc1nnc(C2CCS(=O)(=O)C2)s1. The first-order valence-corrected chi connectivity index (χ1v) is 7.98. The first-order valence-electron chi connectivity index (χ1n) is 5.34. The third-order valence-electron chi connectivity index (χ3n) is 2.59. The molecule has 5 nitrogen and oxygen atoms in total. The maximum Gasteiger partial charge on any atom is 0.151 e. The van der Waals surface area contributed by atoms with E-state index in [1.807, 2.05) is 6.92 Å². The molecule has 90 valence electrons. The molecule has 0 amide bonds. The zero-order valence-corrected chi connectivity index (χ0v) is 10.8. The normalized spacial score (nSPS) is 23.7. The van der Waals surface area contributed by atoms with Crippen LogP contribution in [-0.2, 0) is 16.4 Å². The highest BCUT2D eigenvalue weighted by Crippen LogP contribution is 2.30. The molecule has 1 fully saturated rings. The Morgan fingerprint density at radius 1 is 1.50 bits per heavy atom. The maximum absolute atomic E-state index is 11.3. The lowest BCUT2D eigenvalue weighted by Crippen LogP contribution is -2.11. The van der Waals surface area contributed by atoms with Gasteiger partial charge in [-0.3, -0.25) is 0 Å². The molecule has 0 bridgehead atoms. The third-order valence-corrected chi connectivity index (χ3v) is 5.44. The fraction of sp³-hybridized carbons (Fsp3) is 0.778. The molecule has 7 heteroatoms. The minimum absolute atomic E-state index is 0.0675. The minimum Gasteiger partial charge on any atom is -0.311 e. The van der Waals surface area contributed by atoms with Crippen LogP contribution >= 0.6 is 11.3 Å². The van der Waals surface area contributed by atoms with Crippen molar-refractivity contribution in [2.45, 2.75) is 25.8 Å². The molecule has 1 aliphatic heterocycles. The van der Waals surface area contributed by atoms with Crippen molar-refractivity contribution in [1.82, 2.24) is 15.5 Å². The highest BCUT2D eigenvalue weighted by atomic mass is 32.2. The quantitative estimate of drug-likeness (QED) is 0.857. The Balaban J connectivity index is 2.02. The van der Waals surface area contributed by atoms with E-state index in [0.29, 0.717) is 18.7 Å². The van der Waals surface area contributed by atoms with E-state index in [1.165, 1.54) is 11.3 Å². The van der Waals surface area contributed by atoms with Gasteiger partial charge in [-0.05, 0) is 13.0 Å². The van der Waals surface area contributed by atoms with Gasteiger partial charge in [0.15, 0.2) is 9.84 Å². The van der Waals surface area contributed by atoms with Crippen molar-refractivity contribution in [3.8, 4) is 0 Å².